The summed E-state index contributed by atoms with van der Waals surface area (Å²) < 4.78 is 1.11. The van der Waals surface area contributed by atoms with Gasteiger partial charge in [0.1, 0.15) is 0 Å². The summed E-state index contributed by atoms with van der Waals surface area (Å²) in [5, 5.41) is 0. The number of rotatable bonds is 1. The van der Waals surface area contributed by atoms with Gasteiger partial charge < -0.3 is 0 Å². The molecule has 1 rings (SSSR count). The lowest BCUT2D eigenvalue weighted by atomic mass is 10.2. The van der Waals surface area contributed by atoms with E-state index in [1.807, 2.05) is 25.3 Å². The second-order valence-electron chi connectivity index (χ2n) is 2.07. The zero-order valence-corrected chi connectivity index (χ0v) is 7.68. The predicted octanol–water partition coefficient (Wildman–Crippen LogP) is 2.06. The Kier molecular flexibility index (Phi) is 2.43. The second kappa shape index (κ2) is 3.14. The van der Waals surface area contributed by atoms with E-state index in [1.165, 1.54) is 5.56 Å². The molecule has 1 nitrogen and oxygen atoms in total. The normalized spacial score (nSPS) is 9.40. The molecule has 0 aliphatic heterocycles. The van der Waals surface area contributed by atoms with Crippen LogP contribution in [0.25, 0.3) is 0 Å². The average Bonchev–Trinajstić information content (AvgIpc) is 1.95. The van der Waals surface area contributed by atoms with Crippen LogP contribution in [-0.4, -0.2) is 6.29 Å². The van der Waals surface area contributed by atoms with Crippen molar-refractivity contribution in [1.82, 2.24) is 0 Å². The molecule has 0 saturated heterocycles. The highest BCUT2D eigenvalue weighted by Crippen LogP contribution is 2.11. The van der Waals surface area contributed by atoms with Crippen LogP contribution >= 0.6 is 22.6 Å². The second-order valence-corrected chi connectivity index (χ2v) is 3.23. The van der Waals surface area contributed by atoms with E-state index in [0.29, 0.717) is 5.56 Å². The third-order valence-electron chi connectivity index (χ3n) is 1.29. The highest BCUT2D eigenvalue weighted by atomic mass is 127. The first kappa shape index (κ1) is 7.72. The molecule has 51 valence electrons. The van der Waals surface area contributed by atoms with E-state index in [1.54, 1.807) is 6.07 Å². The molecular formula is C8H6IO. The summed E-state index contributed by atoms with van der Waals surface area (Å²) in [4.78, 5) is 10.1. The van der Waals surface area contributed by atoms with Crippen molar-refractivity contribution in [2.24, 2.45) is 0 Å². The molecule has 1 radical (unpaired) electrons. The molecule has 0 aromatic heterocycles. The minimum Gasteiger partial charge on any atom is -0.285 e. The summed E-state index contributed by atoms with van der Waals surface area (Å²) in [6.45, 7) is 2.01. The maximum absolute atomic E-state index is 10.1. The third-order valence-corrected chi connectivity index (χ3v) is 2.45. The fraction of sp³-hybridized carbons (Fsp3) is 0.125. The standard InChI is InChI=1S/C8H6IO/c1-6-2-3-7(5-10)4-8(6)9/h2-4H,1H3. The van der Waals surface area contributed by atoms with Gasteiger partial charge in [-0.15, -0.1) is 0 Å². The van der Waals surface area contributed by atoms with Crippen molar-refractivity contribution in [2.75, 3.05) is 0 Å². The maximum atomic E-state index is 10.1. The van der Waals surface area contributed by atoms with Crippen LogP contribution in [0.2, 0.25) is 0 Å². The molecule has 1 aromatic rings. The summed E-state index contributed by atoms with van der Waals surface area (Å²) in [7, 11) is 0. The first-order chi connectivity index (χ1) is 4.74. The van der Waals surface area contributed by atoms with Crippen molar-refractivity contribution in [2.45, 2.75) is 6.92 Å². The van der Waals surface area contributed by atoms with Gasteiger partial charge in [0.15, 0.2) is 0 Å². The van der Waals surface area contributed by atoms with Gasteiger partial charge in [-0.25, -0.2) is 0 Å². The molecular weight excluding hydrogens is 239 g/mol. The summed E-state index contributed by atoms with van der Waals surface area (Å²) in [5.74, 6) is 0. The van der Waals surface area contributed by atoms with E-state index in [9.17, 15) is 4.79 Å². The number of halogens is 1. The molecule has 0 unspecified atom stereocenters. The maximum Gasteiger partial charge on any atom is 0.233 e. The van der Waals surface area contributed by atoms with Crippen molar-refractivity contribution in [3.8, 4) is 0 Å². The lowest BCUT2D eigenvalue weighted by Gasteiger charge is -1.95. The van der Waals surface area contributed by atoms with Crippen LogP contribution in [-0.2, 0) is 4.79 Å². The van der Waals surface area contributed by atoms with E-state index in [0.717, 1.165) is 3.57 Å². The lowest BCUT2D eigenvalue weighted by molar-refractivity contribution is 0.562. The molecule has 0 spiro atoms. The van der Waals surface area contributed by atoms with Crippen molar-refractivity contribution in [3.05, 3.63) is 32.9 Å². The van der Waals surface area contributed by atoms with Gasteiger partial charge in [-0.3, -0.25) is 4.79 Å². The van der Waals surface area contributed by atoms with Crippen LogP contribution in [0.15, 0.2) is 18.2 Å². The Morgan fingerprint density at radius 1 is 1.50 bits per heavy atom. The average molecular weight is 245 g/mol. The fourth-order valence-electron chi connectivity index (χ4n) is 0.656. The largest absolute Gasteiger partial charge is 0.285 e. The smallest absolute Gasteiger partial charge is 0.233 e. The van der Waals surface area contributed by atoms with Crippen molar-refractivity contribution >= 4 is 28.9 Å². The Balaban J connectivity index is 3.16. The molecule has 0 N–H and O–H groups in total. The Bertz CT molecular complexity index is 255. The highest BCUT2D eigenvalue weighted by Gasteiger charge is 1.94. The number of hydrogen-bond donors (Lipinski definition) is 0. The topological polar surface area (TPSA) is 17.1 Å². The Hall–Kier alpha value is -0.380. The quantitative estimate of drug-likeness (QED) is 0.692. The number of carbonyl (C=O) groups excluding carboxylic acids is 1. The highest BCUT2D eigenvalue weighted by molar-refractivity contribution is 14.1. The predicted molar refractivity (Wildman–Crippen MR) is 48.7 cm³/mol. The van der Waals surface area contributed by atoms with Crippen molar-refractivity contribution < 1.29 is 4.79 Å². The van der Waals surface area contributed by atoms with Crippen molar-refractivity contribution in [1.29, 1.82) is 0 Å². The first-order valence-electron chi connectivity index (χ1n) is 2.88. The minimum absolute atomic E-state index is 0.620. The van der Waals surface area contributed by atoms with Crippen LogP contribution in [0.4, 0.5) is 0 Å². The Morgan fingerprint density at radius 3 is 2.70 bits per heavy atom. The zero-order chi connectivity index (χ0) is 7.56. The van der Waals surface area contributed by atoms with E-state index < -0.39 is 0 Å². The first-order valence-corrected chi connectivity index (χ1v) is 3.96. The lowest BCUT2D eigenvalue weighted by Crippen LogP contribution is -1.84. The molecule has 10 heavy (non-hydrogen) atoms. The molecule has 1 aromatic carbocycles. The van der Waals surface area contributed by atoms with Gasteiger partial charge in [-0.05, 0) is 41.1 Å². The molecule has 0 heterocycles. The van der Waals surface area contributed by atoms with Crippen molar-refractivity contribution in [3.63, 3.8) is 0 Å². The van der Waals surface area contributed by atoms with Gasteiger partial charge in [-0.2, -0.15) is 0 Å². The number of hydrogen-bond acceptors (Lipinski definition) is 1. The van der Waals surface area contributed by atoms with Crippen LogP contribution in [0, 0.1) is 10.5 Å². The third kappa shape index (κ3) is 1.56. The Labute approximate surface area is 73.6 Å². The molecule has 0 atom stereocenters. The fourth-order valence-corrected chi connectivity index (χ4v) is 1.17. The van der Waals surface area contributed by atoms with E-state index in [4.69, 9.17) is 0 Å². The summed E-state index contributed by atoms with van der Waals surface area (Å²) >= 11 is 2.19. The zero-order valence-electron chi connectivity index (χ0n) is 5.52. The summed E-state index contributed by atoms with van der Waals surface area (Å²) in [6.07, 6.45) is 1.84. The SMILES string of the molecule is Cc1ccc([C]=O)cc1I. The molecule has 0 aliphatic rings. The van der Waals surface area contributed by atoms with E-state index >= 15 is 0 Å². The van der Waals surface area contributed by atoms with Crippen LogP contribution < -0.4 is 0 Å². The van der Waals surface area contributed by atoms with Crippen LogP contribution in [0.1, 0.15) is 11.1 Å². The molecule has 0 fully saturated rings. The molecule has 0 bridgehead atoms. The van der Waals surface area contributed by atoms with Gasteiger partial charge in [0.05, 0.1) is 0 Å². The molecule has 0 saturated carbocycles. The van der Waals surface area contributed by atoms with E-state index in [2.05, 4.69) is 22.6 Å². The molecule has 0 amide bonds. The van der Waals surface area contributed by atoms with E-state index in [-0.39, 0.29) is 0 Å². The monoisotopic (exact) mass is 245 g/mol. The Morgan fingerprint density at radius 2 is 2.20 bits per heavy atom. The van der Waals surface area contributed by atoms with Gasteiger partial charge in [0.25, 0.3) is 0 Å². The number of aryl methyl sites for hydroxylation is 1. The van der Waals surface area contributed by atoms with Crippen LogP contribution in [0.3, 0.4) is 0 Å². The minimum atomic E-state index is 0.620. The van der Waals surface area contributed by atoms with Gasteiger partial charge in [-0.1, -0.05) is 12.1 Å². The molecule has 0 aliphatic carbocycles. The van der Waals surface area contributed by atoms with Gasteiger partial charge in [0.2, 0.25) is 6.29 Å². The summed E-state index contributed by atoms with van der Waals surface area (Å²) in [6, 6.07) is 5.51. The number of benzene rings is 1. The van der Waals surface area contributed by atoms with Crippen LogP contribution in [0.5, 0.6) is 0 Å². The van der Waals surface area contributed by atoms with Gasteiger partial charge >= 0.3 is 0 Å². The van der Waals surface area contributed by atoms with Gasteiger partial charge in [0, 0.05) is 9.13 Å². The summed E-state index contributed by atoms with van der Waals surface area (Å²) in [5.41, 5.74) is 1.81. The molecule has 2 heteroatoms.